The molecular formula is C17H21N3O. The summed E-state index contributed by atoms with van der Waals surface area (Å²) in [5.74, 6) is 0.885. The van der Waals surface area contributed by atoms with Crippen LogP contribution in [0.2, 0.25) is 0 Å². The van der Waals surface area contributed by atoms with Crippen molar-refractivity contribution in [1.29, 1.82) is 0 Å². The number of hydrogen-bond donors (Lipinski definition) is 1. The molecule has 0 saturated carbocycles. The lowest BCUT2D eigenvalue weighted by Crippen LogP contribution is -2.41. The average Bonchev–Trinajstić information content (AvgIpc) is 3.08. The average molecular weight is 283 g/mol. The number of nitrogens with one attached hydrogen (secondary N) is 1. The summed E-state index contributed by atoms with van der Waals surface area (Å²) in [7, 11) is 1.69. The van der Waals surface area contributed by atoms with E-state index in [1.54, 1.807) is 7.11 Å². The van der Waals surface area contributed by atoms with Gasteiger partial charge in [-0.05, 0) is 55.8 Å². The third-order valence-corrected chi connectivity index (χ3v) is 3.87. The van der Waals surface area contributed by atoms with Gasteiger partial charge in [0.15, 0.2) is 0 Å². The number of nitrogens with zero attached hydrogens (tertiary/aromatic N) is 2. The van der Waals surface area contributed by atoms with Crippen molar-refractivity contribution in [3.63, 3.8) is 0 Å². The maximum Gasteiger partial charge on any atom is 0.119 e. The van der Waals surface area contributed by atoms with Gasteiger partial charge < -0.3 is 9.64 Å². The molecule has 1 unspecified atom stereocenters. The summed E-state index contributed by atoms with van der Waals surface area (Å²) >= 11 is 0. The largest absolute Gasteiger partial charge is 0.497 e. The fourth-order valence-corrected chi connectivity index (χ4v) is 2.75. The Morgan fingerprint density at radius 1 is 1.24 bits per heavy atom. The highest BCUT2D eigenvalue weighted by Crippen LogP contribution is 2.25. The minimum atomic E-state index is 0.375. The number of pyridine rings is 1. The Kier molecular flexibility index (Phi) is 4.36. The summed E-state index contributed by atoms with van der Waals surface area (Å²) in [4.78, 5) is 6.84. The molecule has 0 radical (unpaired) electrons. The summed E-state index contributed by atoms with van der Waals surface area (Å²) < 4.78 is 5.25. The Morgan fingerprint density at radius 2 is 2.10 bits per heavy atom. The second-order valence-electron chi connectivity index (χ2n) is 5.26. The molecule has 1 atom stereocenters. The fraction of sp³-hybridized carbons (Fsp3) is 0.353. The summed E-state index contributed by atoms with van der Waals surface area (Å²) in [6, 6.07) is 14.3. The number of aromatic nitrogens is 1. The van der Waals surface area contributed by atoms with Crippen LogP contribution in [-0.2, 0) is 6.54 Å². The molecular weight excluding hydrogens is 262 g/mol. The van der Waals surface area contributed by atoms with Crippen molar-refractivity contribution in [3.8, 4) is 5.75 Å². The molecule has 4 nitrogen and oxygen atoms in total. The van der Waals surface area contributed by atoms with Crippen molar-refractivity contribution in [2.75, 3.05) is 18.6 Å². The van der Waals surface area contributed by atoms with E-state index in [1.807, 2.05) is 30.5 Å². The van der Waals surface area contributed by atoms with Gasteiger partial charge in [0.25, 0.3) is 0 Å². The van der Waals surface area contributed by atoms with Crippen LogP contribution in [0.4, 0.5) is 5.69 Å². The van der Waals surface area contributed by atoms with Gasteiger partial charge in [0.2, 0.25) is 0 Å². The Hall–Kier alpha value is -2.07. The first kappa shape index (κ1) is 13.9. The van der Waals surface area contributed by atoms with Crippen molar-refractivity contribution in [1.82, 2.24) is 10.3 Å². The van der Waals surface area contributed by atoms with E-state index in [4.69, 9.17) is 4.74 Å². The molecule has 4 heteroatoms. The topological polar surface area (TPSA) is 37.4 Å². The molecule has 3 rings (SSSR count). The van der Waals surface area contributed by atoms with Gasteiger partial charge >= 0.3 is 0 Å². The van der Waals surface area contributed by atoms with Crippen LogP contribution in [0, 0.1) is 0 Å². The molecule has 2 heterocycles. The van der Waals surface area contributed by atoms with Crippen LogP contribution in [0.15, 0.2) is 48.7 Å². The van der Waals surface area contributed by atoms with Gasteiger partial charge in [-0.25, -0.2) is 0 Å². The van der Waals surface area contributed by atoms with Crippen molar-refractivity contribution in [2.24, 2.45) is 0 Å². The Bertz CT molecular complexity index is 550. The molecule has 1 aliphatic rings. The minimum absolute atomic E-state index is 0.375. The van der Waals surface area contributed by atoms with Crippen LogP contribution in [0.1, 0.15) is 18.5 Å². The van der Waals surface area contributed by atoms with E-state index in [0.29, 0.717) is 6.17 Å². The van der Waals surface area contributed by atoms with Crippen molar-refractivity contribution < 1.29 is 4.74 Å². The first-order chi connectivity index (χ1) is 10.4. The summed E-state index contributed by atoms with van der Waals surface area (Å²) in [6.45, 7) is 1.89. The molecule has 2 aromatic rings. The summed E-state index contributed by atoms with van der Waals surface area (Å²) in [6.07, 6.45) is 4.61. The third-order valence-electron chi connectivity index (χ3n) is 3.87. The van der Waals surface area contributed by atoms with E-state index in [1.165, 1.54) is 18.5 Å². The highest BCUT2D eigenvalue weighted by atomic mass is 16.5. The van der Waals surface area contributed by atoms with E-state index < -0.39 is 0 Å². The van der Waals surface area contributed by atoms with E-state index >= 15 is 0 Å². The molecule has 1 saturated heterocycles. The second kappa shape index (κ2) is 6.59. The van der Waals surface area contributed by atoms with Crippen LogP contribution in [0.3, 0.4) is 0 Å². The molecule has 0 amide bonds. The second-order valence-corrected chi connectivity index (χ2v) is 5.26. The van der Waals surface area contributed by atoms with Gasteiger partial charge in [-0.2, -0.15) is 0 Å². The Labute approximate surface area is 125 Å². The fourth-order valence-electron chi connectivity index (χ4n) is 2.75. The van der Waals surface area contributed by atoms with Crippen LogP contribution >= 0.6 is 0 Å². The van der Waals surface area contributed by atoms with Gasteiger partial charge in [-0.1, -0.05) is 6.07 Å². The number of ether oxygens (including phenoxy) is 1. The summed E-state index contributed by atoms with van der Waals surface area (Å²) in [5, 5.41) is 3.57. The summed E-state index contributed by atoms with van der Waals surface area (Å²) in [5.41, 5.74) is 2.28. The van der Waals surface area contributed by atoms with Gasteiger partial charge in [0, 0.05) is 11.9 Å². The smallest absolute Gasteiger partial charge is 0.119 e. The van der Waals surface area contributed by atoms with Gasteiger partial charge in [0.1, 0.15) is 5.75 Å². The van der Waals surface area contributed by atoms with E-state index in [0.717, 1.165) is 24.5 Å². The molecule has 110 valence electrons. The van der Waals surface area contributed by atoms with Gasteiger partial charge in [-0.15, -0.1) is 0 Å². The van der Waals surface area contributed by atoms with Gasteiger partial charge in [-0.3, -0.25) is 10.3 Å². The van der Waals surface area contributed by atoms with E-state index in [-0.39, 0.29) is 0 Å². The quantitative estimate of drug-likeness (QED) is 0.915. The normalized spacial score (nSPS) is 17.7. The van der Waals surface area contributed by atoms with E-state index in [9.17, 15) is 0 Å². The first-order valence-electron chi connectivity index (χ1n) is 7.41. The highest BCUT2D eigenvalue weighted by molar-refractivity contribution is 5.50. The minimum Gasteiger partial charge on any atom is -0.497 e. The zero-order valence-electron chi connectivity index (χ0n) is 12.3. The molecule has 0 bridgehead atoms. The zero-order chi connectivity index (χ0) is 14.5. The van der Waals surface area contributed by atoms with Crippen LogP contribution in [-0.4, -0.2) is 24.8 Å². The highest BCUT2D eigenvalue weighted by Gasteiger charge is 2.22. The number of rotatable bonds is 5. The van der Waals surface area contributed by atoms with Crippen LogP contribution < -0.4 is 15.0 Å². The zero-order valence-corrected chi connectivity index (χ0v) is 12.3. The molecule has 0 aliphatic carbocycles. The molecule has 1 aromatic carbocycles. The van der Waals surface area contributed by atoms with E-state index in [2.05, 4.69) is 33.4 Å². The lowest BCUT2D eigenvalue weighted by atomic mass is 10.2. The number of anilines is 1. The third kappa shape index (κ3) is 3.34. The monoisotopic (exact) mass is 283 g/mol. The number of methoxy groups -OCH3 is 1. The predicted molar refractivity (Wildman–Crippen MR) is 84.4 cm³/mol. The number of hydrogen-bond acceptors (Lipinski definition) is 4. The SMILES string of the molecule is COc1ccc(N(Cc2ccccn2)C2CCCN2)cc1. The lowest BCUT2D eigenvalue weighted by Gasteiger charge is -2.31. The molecule has 1 aromatic heterocycles. The van der Waals surface area contributed by atoms with Crippen molar-refractivity contribution in [2.45, 2.75) is 25.6 Å². The molecule has 1 fully saturated rings. The Balaban J connectivity index is 1.84. The van der Waals surface area contributed by atoms with Crippen LogP contribution in [0.5, 0.6) is 5.75 Å². The predicted octanol–water partition coefficient (Wildman–Crippen LogP) is 2.81. The molecule has 1 aliphatic heterocycles. The number of benzene rings is 1. The molecule has 21 heavy (non-hydrogen) atoms. The van der Waals surface area contributed by atoms with Crippen molar-refractivity contribution >= 4 is 5.69 Å². The van der Waals surface area contributed by atoms with Crippen LogP contribution in [0.25, 0.3) is 0 Å². The molecule has 0 spiro atoms. The lowest BCUT2D eigenvalue weighted by molar-refractivity contribution is 0.414. The Morgan fingerprint density at radius 3 is 2.71 bits per heavy atom. The maximum absolute atomic E-state index is 5.25. The van der Waals surface area contributed by atoms with Gasteiger partial charge in [0.05, 0.1) is 25.5 Å². The standard InChI is InChI=1S/C17H21N3O/c1-21-16-9-7-15(8-10-16)20(17-6-4-12-19-17)13-14-5-2-3-11-18-14/h2-3,5,7-11,17,19H,4,6,12-13H2,1H3. The van der Waals surface area contributed by atoms with Crippen molar-refractivity contribution in [3.05, 3.63) is 54.4 Å². The molecule has 1 N–H and O–H groups in total. The maximum atomic E-state index is 5.25. The first-order valence-corrected chi connectivity index (χ1v) is 7.41.